The summed E-state index contributed by atoms with van der Waals surface area (Å²) in [4.78, 5) is 9.03. The standard InChI is InChI=1S/C6H6ClNO3/c7-6(5(9)10)1-3-8(11)4-2-6/h1,3-4H,2H2,(H,9,10). The van der Waals surface area contributed by atoms with Crippen molar-refractivity contribution in [3.8, 4) is 0 Å². The lowest BCUT2D eigenvalue weighted by Crippen LogP contribution is -2.33. The quantitative estimate of drug-likeness (QED) is 0.360. The molecule has 0 aromatic rings. The van der Waals surface area contributed by atoms with Crippen LogP contribution in [0.15, 0.2) is 12.3 Å². The van der Waals surface area contributed by atoms with Crippen LogP contribution in [-0.4, -0.2) is 26.9 Å². The molecule has 1 rings (SSSR count). The Balaban J connectivity index is 2.82. The zero-order chi connectivity index (χ0) is 8.48. The lowest BCUT2D eigenvalue weighted by molar-refractivity contribution is -0.376. The van der Waals surface area contributed by atoms with Gasteiger partial charge in [0.05, 0.1) is 6.42 Å². The average molecular weight is 176 g/mol. The van der Waals surface area contributed by atoms with E-state index in [-0.39, 0.29) is 6.42 Å². The lowest BCUT2D eigenvalue weighted by atomic mass is 10.0. The zero-order valence-electron chi connectivity index (χ0n) is 5.53. The van der Waals surface area contributed by atoms with Gasteiger partial charge in [-0.3, -0.25) is 0 Å². The van der Waals surface area contributed by atoms with Gasteiger partial charge in [0.15, 0.2) is 17.3 Å². The molecule has 0 aromatic carbocycles. The molecule has 0 fully saturated rings. The molecule has 0 aromatic heterocycles. The van der Waals surface area contributed by atoms with Crippen LogP contribution in [0.25, 0.3) is 0 Å². The summed E-state index contributed by atoms with van der Waals surface area (Å²) in [6, 6.07) is 0. The van der Waals surface area contributed by atoms with Crippen molar-refractivity contribution in [1.29, 1.82) is 0 Å². The highest BCUT2D eigenvalue weighted by atomic mass is 35.5. The second kappa shape index (κ2) is 2.54. The van der Waals surface area contributed by atoms with E-state index in [1.165, 1.54) is 12.3 Å². The first-order valence-electron chi connectivity index (χ1n) is 2.95. The fourth-order valence-corrected chi connectivity index (χ4v) is 0.827. The molecule has 1 N–H and O–H groups in total. The first-order chi connectivity index (χ1) is 5.04. The first-order valence-corrected chi connectivity index (χ1v) is 3.33. The van der Waals surface area contributed by atoms with Crippen molar-refractivity contribution in [2.75, 3.05) is 0 Å². The Bertz CT molecular complexity index is 248. The van der Waals surface area contributed by atoms with E-state index < -0.39 is 10.8 Å². The first kappa shape index (κ1) is 8.07. The number of alkyl halides is 1. The topological polar surface area (TPSA) is 63.4 Å². The predicted molar refractivity (Wildman–Crippen MR) is 39.7 cm³/mol. The fraction of sp³-hybridized carbons (Fsp3) is 0.333. The Morgan fingerprint density at radius 1 is 1.82 bits per heavy atom. The minimum Gasteiger partial charge on any atom is -0.619 e. The van der Waals surface area contributed by atoms with Crippen LogP contribution in [0.2, 0.25) is 0 Å². The summed E-state index contributed by atoms with van der Waals surface area (Å²) in [7, 11) is 0. The maximum Gasteiger partial charge on any atom is 0.329 e. The number of aliphatic carboxylic acids is 1. The zero-order valence-corrected chi connectivity index (χ0v) is 6.28. The van der Waals surface area contributed by atoms with Gasteiger partial charge in [-0.1, -0.05) is 0 Å². The van der Waals surface area contributed by atoms with E-state index in [0.717, 1.165) is 6.20 Å². The van der Waals surface area contributed by atoms with Gasteiger partial charge in [0.1, 0.15) is 0 Å². The molecule has 0 radical (unpaired) electrons. The fourth-order valence-electron chi connectivity index (χ4n) is 0.702. The summed E-state index contributed by atoms with van der Waals surface area (Å²) in [5.41, 5.74) is 0. The highest BCUT2D eigenvalue weighted by molar-refractivity contribution is 6.36. The largest absolute Gasteiger partial charge is 0.619 e. The molecular formula is C6H6ClNO3. The van der Waals surface area contributed by atoms with E-state index in [2.05, 4.69) is 0 Å². The van der Waals surface area contributed by atoms with Crippen LogP contribution in [0.4, 0.5) is 0 Å². The Labute approximate surface area is 68.0 Å². The van der Waals surface area contributed by atoms with Crippen LogP contribution in [0.5, 0.6) is 0 Å². The van der Waals surface area contributed by atoms with E-state index in [9.17, 15) is 10.0 Å². The maximum absolute atomic E-state index is 10.5. The van der Waals surface area contributed by atoms with Crippen LogP contribution in [0.1, 0.15) is 6.42 Å². The van der Waals surface area contributed by atoms with Crippen molar-refractivity contribution in [3.05, 3.63) is 17.5 Å². The molecule has 1 atom stereocenters. The molecule has 0 aliphatic carbocycles. The Hall–Kier alpha value is -1.03. The summed E-state index contributed by atoms with van der Waals surface area (Å²) < 4.78 is 0.531. The molecule has 1 heterocycles. The van der Waals surface area contributed by atoms with Crippen molar-refractivity contribution in [2.24, 2.45) is 0 Å². The van der Waals surface area contributed by atoms with Crippen LogP contribution < -0.4 is 0 Å². The van der Waals surface area contributed by atoms with Crippen molar-refractivity contribution in [1.82, 2.24) is 0 Å². The summed E-state index contributed by atoms with van der Waals surface area (Å²) in [6.07, 6.45) is 3.46. The number of rotatable bonds is 1. The van der Waals surface area contributed by atoms with Gasteiger partial charge >= 0.3 is 5.97 Å². The van der Waals surface area contributed by atoms with Crippen LogP contribution >= 0.6 is 11.6 Å². The molecule has 1 aliphatic heterocycles. The minimum absolute atomic E-state index is 0.0177. The average Bonchev–Trinajstić information content (AvgIpc) is 1.95. The van der Waals surface area contributed by atoms with Gasteiger partial charge in [-0.15, -0.1) is 11.6 Å². The normalized spacial score (nSPS) is 29.7. The monoisotopic (exact) mass is 175 g/mol. The van der Waals surface area contributed by atoms with Crippen molar-refractivity contribution in [3.63, 3.8) is 0 Å². The number of hydrogen-bond acceptors (Lipinski definition) is 2. The lowest BCUT2D eigenvalue weighted by Gasteiger charge is -2.16. The van der Waals surface area contributed by atoms with Crippen LogP contribution in [0.3, 0.4) is 0 Å². The molecule has 60 valence electrons. The van der Waals surface area contributed by atoms with Gasteiger partial charge in [0.2, 0.25) is 0 Å². The van der Waals surface area contributed by atoms with E-state index in [4.69, 9.17) is 16.7 Å². The van der Waals surface area contributed by atoms with E-state index in [1.807, 2.05) is 0 Å². The number of carboxylic acid groups (broad SMARTS) is 1. The molecule has 0 saturated carbocycles. The number of nitrogens with zero attached hydrogens (tertiary/aromatic N) is 1. The maximum atomic E-state index is 10.5. The third kappa shape index (κ3) is 1.51. The molecular weight excluding hydrogens is 170 g/mol. The summed E-state index contributed by atoms with van der Waals surface area (Å²) >= 11 is 5.59. The molecule has 5 heteroatoms. The molecule has 4 nitrogen and oxygen atoms in total. The van der Waals surface area contributed by atoms with E-state index in [1.54, 1.807) is 0 Å². The predicted octanol–water partition coefficient (Wildman–Crippen LogP) is 0.547. The van der Waals surface area contributed by atoms with Crippen molar-refractivity contribution < 1.29 is 14.6 Å². The minimum atomic E-state index is -1.43. The molecule has 1 unspecified atom stereocenters. The summed E-state index contributed by atoms with van der Waals surface area (Å²) in [5, 5.41) is 19.1. The van der Waals surface area contributed by atoms with Gasteiger partial charge in [-0.05, 0) is 0 Å². The van der Waals surface area contributed by atoms with Gasteiger partial charge in [0.25, 0.3) is 0 Å². The third-order valence-electron chi connectivity index (χ3n) is 1.41. The molecule has 0 spiro atoms. The molecule has 0 amide bonds. The number of hydroxylamine groups is 1. The second-order valence-corrected chi connectivity index (χ2v) is 2.90. The number of halogens is 1. The highest BCUT2D eigenvalue weighted by Crippen LogP contribution is 2.23. The van der Waals surface area contributed by atoms with Crippen LogP contribution in [-0.2, 0) is 4.79 Å². The van der Waals surface area contributed by atoms with Crippen molar-refractivity contribution >= 4 is 23.8 Å². The Morgan fingerprint density at radius 3 is 2.82 bits per heavy atom. The Kier molecular flexibility index (Phi) is 1.87. The van der Waals surface area contributed by atoms with Gasteiger partial charge < -0.3 is 10.3 Å². The molecule has 0 saturated heterocycles. The molecule has 1 aliphatic rings. The highest BCUT2D eigenvalue weighted by Gasteiger charge is 2.36. The number of carbonyl (C=O) groups is 1. The number of carboxylic acids is 1. The Morgan fingerprint density at radius 2 is 2.45 bits per heavy atom. The molecule has 0 bridgehead atoms. The molecule has 11 heavy (non-hydrogen) atoms. The third-order valence-corrected chi connectivity index (χ3v) is 1.85. The van der Waals surface area contributed by atoms with Gasteiger partial charge in [-0.2, -0.15) is 4.74 Å². The second-order valence-electron chi connectivity index (χ2n) is 2.23. The summed E-state index contributed by atoms with van der Waals surface area (Å²) in [6.45, 7) is 0. The van der Waals surface area contributed by atoms with E-state index in [0.29, 0.717) is 4.74 Å². The number of hydrogen-bond donors (Lipinski definition) is 1. The van der Waals surface area contributed by atoms with Crippen molar-refractivity contribution in [2.45, 2.75) is 11.3 Å². The summed E-state index contributed by atoms with van der Waals surface area (Å²) in [5.74, 6) is -1.14. The smallest absolute Gasteiger partial charge is 0.329 e. The SMILES string of the molecule is O=C(O)C1(Cl)C=C[N+]([O-])=CC1. The van der Waals surface area contributed by atoms with Gasteiger partial charge in [0, 0.05) is 6.08 Å². The van der Waals surface area contributed by atoms with E-state index >= 15 is 0 Å². The van der Waals surface area contributed by atoms with Crippen LogP contribution in [0, 0.1) is 5.21 Å². The van der Waals surface area contributed by atoms with Gasteiger partial charge in [-0.25, -0.2) is 4.79 Å².